The van der Waals surface area contributed by atoms with Crippen molar-refractivity contribution in [1.82, 2.24) is 18.5 Å². The van der Waals surface area contributed by atoms with Crippen LogP contribution in [0.3, 0.4) is 0 Å². The van der Waals surface area contributed by atoms with Gasteiger partial charge in [0, 0.05) is 31.9 Å². The molecular weight excluding hydrogens is 354 g/mol. The van der Waals surface area contributed by atoms with E-state index in [4.69, 9.17) is 12.2 Å². The highest BCUT2D eigenvalue weighted by molar-refractivity contribution is 7.80. The Morgan fingerprint density at radius 2 is 2.12 bits per heavy atom. The predicted octanol–water partition coefficient (Wildman–Crippen LogP) is 2.97. The molecule has 0 aliphatic carbocycles. The van der Waals surface area contributed by atoms with E-state index in [1.165, 1.54) is 11.7 Å². The summed E-state index contributed by atoms with van der Waals surface area (Å²) in [5.74, 6) is 0.270. The van der Waals surface area contributed by atoms with E-state index in [-0.39, 0.29) is 11.8 Å². The van der Waals surface area contributed by atoms with E-state index in [0.717, 1.165) is 49.2 Å². The second-order valence-corrected chi connectivity index (χ2v) is 7.11. The number of rotatable bonds is 4. The second-order valence-electron chi connectivity index (χ2n) is 6.19. The van der Waals surface area contributed by atoms with Crippen molar-refractivity contribution in [3.63, 3.8) is 0 Å². The molecule has 1 aromatic carbocycles. The highest BCUT2D eigenvalue weighted by Gasteiger charge is 2.29. The van der Waals surface area contributed by atoms with Crippen LogP contribution in [0.25, 0.3) is 11.0 Å². The third kappa shape index (κ3) is 4.07. The number of aromatic nitrogens is 2. The smallest absolute Gasteiger partial charge is 0.227 e. The van der Waals surface area contributed by atoms with Gasteiger partial charge in [-0.15, -0.1) is 0 Å². The minimum absolute atomic E-state index is 0.0265. The van der Waals surface area contributed by atoms with Crippen LogP contribution in [0.5, 0.6) is 0 Å². The highest BCUT2D eigenvalue weighted by atomic mass is 32.1. The molecule has 8 heteroatoms. The van der Waals surface area contributed by atoms with E-state index < -0.39 is 0 Å². The van der Waals surface area contributed by atoms with E-state index >= 15 is 0 Å². The Morgan fingerprint density at radius 3 is 2.88 bits per heavy atom. The Balaban J connectivity index is 1.64. The Kier molecular flexibility index (Phi) is 5.80. The van der Waals surface area contributed by atoms with E-state index in [9.17, 15) is 4.79 Å². The number of nitrogens with one attached hydrogen (secondary N) is 1. The summed E-state index contributed by atoms with van der Waals surface area (Å²) in [4.78, 5) is 16.6. The Bertz CT molecular complexity index is 758. The summed E-state index contributed by atoms with van der Waals surface area (Å²) in [6.07, 6.45) is 1.92. The van der Waals surface area contributed by atoms with Gasteiger partial charge < -0.3 is 15.1 Å². The number of likely N-dealkylation sites (tertiary alicyclic amines) is 1. The zero-order valence-electron chi connectivity index (χ0n) is 14.6. The molecule has 0 unspecified atom stereocenters. The first-order valence-electron chi connectivity index (χ1n) is 8.69. The molecule has 134 valence electrons. The third-order valence-corrected chi connectivity index (χ3v) is 5.55. The van der Waals surface area contributed by atoms with Gasteiger partial charge in [-0.1, -0.05) is 0 Å². The summed E-state index contributed by atoms with van der Waals surface area (Å²) >= 11 is 6.78. The molecule has 2 aromatic rings. The van der Waals surface area contributed by atoms with Gasteiger partial charge >= 0.3 is 0 Å². The van der Waals surface area contributed by atoms with Crippen molar-refractivity contribution in [2.45, 2.75) is 26.7 Å². The topological polar surface area (TPSA) is 61.4 Å². The molecule has 1 aliphatic rings. The van der Waals surface area contributed by atoms with Gasteiger partial charge in [-0.05, 0) is 57.1 Å². The zero-order chi connectivity index (χ0) is 17.8. The minimum Gasteiger partial charge on any atom is -0.348 e. The lowest BCUT2D eigenvalue weighted by atomic mass is 9.96. The number of anilines is 1. The fourth-order valence-electron chi connectivity index (χ4n) is 3.22. The van der Waals surface area contributed by atoms with Crippen molar-refractivity contribution in [2.24, 2.45) is 5.92 Å². The molecule has 1 amide bonds. The van der Waals surface area contributed by atoms with Gasteiger partial charge in [0.1, 0.15) is 11.0 Å². The number of carbonyl (C=O) groups excluding carboxylic acids is 1. The highest BCUT2D eigenvalue weighted by Crippen LogP contribution is 2.21. The van der Waals surface area contributed by atoms with Crippen LogP contribution >= 0.6 is 23.9 Å². The second kappa shape index (κ2) is 8.05. The Hall–Kier alpha value is -1.80. The molecule has 25 heavy (non-hydrogen) atoms. The summed E-state index contributed by atoms with van der Waals surface area (Å²) in [6, 6.07) is 5.85. The lowest BCUT2D eigenvalue weighted by Crippen LogP contribution is -2.47. The van der Waals surface area contributed by atoms with E-state index in [1.54, 1.807) is 0 Å². The quantitative estimate of drug-likeness (QED) is 0.827. The fourth-order valence-corrected chi connectivity index (χ4v) is 4.02. The number of thiocarbonyl (C=S) groups is 1. The molecule has 1 fully saturated rings. The average molecular weight is 378 g/mol. The molecule has 2 heterocycles. The number of piperidine rings is 1. The molecule has 1 atom stereocenters. The largest absolute Gasteiger partial charge is 0.348 e. The van der Waals surface area contributed by atoms with Crippen LogP contribution in [-0.4, -0.2) is 55.7 Å². The zero-order valence-corrected chi connectivity index (χ0v) is 16.2. The average Bonchev–Trinajstić information content (AvgIpc) is 3.10. The van der Waals surface area contributed by atoms with Crippen LogP contribution < -0.4 is 5.32 Å². The first-order chi connectivity index (χ1) is 12.1. The lowest BCUT2D eigenvalue weighted by molar-refractivity contribution is -0.136. The molecule has 1 aliphatic heterocycles. The number of nitrogens with zero attached hydrogens (tertiary/aromatic N) is 4. The maximum Gasteiger partial charge on any atom is 0.227 e. The van der Waals surface area contributed by atoms with Gasteiger partial charge in [0.05, 0.1) is 17.6 Å². The molecule has 6 nitrogen and oxygen atoms in total. The number of hydrogen-bond acceptors (Lipinski definition) is 5. The van der Waals surface area contributed by atoms with Crippen molar-refractivity contribution < 1.29 is 4.79 Å². The van der Waals surface area contributed by atoms with Gasteiger partial charge in [0.15, 0.2) is 5.11 Å². The monoisotopic (exact) mass is 377 g/mol. The van der Waals surface area contributed by atoms with Crippen LogP contribution in [0.2, 0.25) is 0 Å². The van der Waals surface area contributed by atoms with Crippen molar-refractivity contribution in [3.05, 3.63) is 18.2 Å². The number of carbonyl (C=O) groups is 1. The fraction of sp³-hybridized carbons (Fsp3) is 0.529. The summed E-state index contributed by atoms with van der Waals surface area (Å²) in [7, 11) is 0. The van der Waals surface area contributed by atoms with Crippen LogP contribution in [0.15, 0.2) is 18.2 Å². The van der Waals surface area contributed by atoms with E-state index in [1.807, 2.05) is 36.9 Å². The van der Waals surface area contributed by atoms with Crippen molar-refractivity contribution in [1.29, 1.82) is 0 Å². The SMILES string of the molecule is CCN(CC)C(=O)[C@@H]1CCCN(C(=S)Nc2ccc3nsnc3c2)C1. The molecule has 1 saturated heterocycles. The van der Waals surface area contributed by atoms with Crippen LogP contribution in [0.1, 0.15) is 26.7 Å². The minimum atomic E-state index is 0.0265. The maximum atomic E-state index is 12.6. The summed E-state index contributed by atoms with van der Waals surface area (Å²) in [5.41, 5.74) is 2.66. The van der Waals surface area contributed by atoms with Crippen molar-refractivity contribution in [3.8, 4) is 0 Å². The summed E-state index contributed by atoms with van der Waals surface area (Å²) in [6.45, 7) is 7.14. The van der Waals surface area contributed by atoms with Crippen molar-refractivity contribution >= 4 is 51.7 Å². The number of amides is 1. The Labute approximate surface area is 157 Å². The molecule has 0 bridgehead atoms. The molecular formula is C17H23N5OS2. The van der Waals surface area contributed by atoms with Gasteiger partial charge in [0.2, 0.25) is 5.91 Å². The van der Waals surface area contributed by atoms with E-state index in [0.29, 0.717) is 11.7 Å². The van der Waals surface area contributed by atoms with Crippen LogP contribution in [0.4, 0.5) is 5.69 Å². The maximum absolute atomic E-state index is 12.6. The van der Waals surface area contributed by atoms with Gasteiger partial charge in [-0.3, -0.25) is 4.79 Å². The number of fused-ring (bicyclic) bond motifs is 1. The Morgan fingerprint density at radius 1 is 1.36 bits per heavy atom. The van der Waals surface area contributed by atoms with Gasteiger partial charge in [-0.2, -0.15) is 8.75 Å². The molecule has 0 radical (unpaired) electrons. The third-order valence-electron chi connectivity index (χ3n) is 4.64. The van der Waals surface area contributed by atoms with Gasteiger partial charge in [-0.25, -0.2) is 0 Å². The molecule has 3 rings (SSSR count). The first kappa shape index (κ1) is 18.0. The number of hydrogen-bond donors (Lipinski definition) is 1. The molecule has 1 aromatic heterocycles. The normalized spacial score (nSPS) is 17.5. The van der Waals surface area contributed by atoms with Crippen LogP contribution in [-0.2, 0) is 4.79 Å². The van der Waals surface area contributed by atoms with E-state index in [2.05, 4.69) is 19.0 Å². The predicted molar refractivity (Wildman–Crippen MR) is 106 cm³/mol. The van der Waals surface area contributed by atoms with Crippen molar-refractivity contribution in [2.75, 3.05) is 31.5 Å². The van der Waals surface area contributed by atoms with Crippen LogP contribution in [0, 0.1) is 5.92 Å². The molecule has 0 saturated carbocycles. The molecule has 0 spiro atoms. The standard InChI is InChI=1S/C17H23N5OS2/c1-3-21(4-2)16(23)12-6-5-9-22(11-12)17(24)18-13-7-8-14-15(10-13)20-25-19-14/h7-8,10,12H,3-6,9,11H2,1-2H3,(H,18,24)/t12-/m1/s1. The summed E-state index contributed by atoms with van der Waals surface area (Å²) in [5, 5.41) is 3.95. The number of benzene rings is 1. The summed E-state index contributed by atoms with van der Waals surface area (Å²) < 4.78 is 8.46. The van der Waals surface area contributed by atoms with Gasteiger partial charge in [0.25, 0.3) is 0 Å². The lowest BCUT2D eigenvalue weighted by Gasteiger charge is -2.36. The first-order valence-corrected chi connectivity index (χ1v) is 9.83. The molecule has 1 N–H and O–H groups in total.